The van der Waals surface area contributed by atoms with Gasteiger partial charge in [0.25, 0.3) is 0 Å². The number of nitrogens with zero attached hydrogens (tertiary/aromatic N) is 2. The van der Waals surface area contributed by atoms with Crippen LogP contribution in [0.3, 0.4) is 0 Å². The highest BCUT2D eigenvalue weighted by Gasteiger charge is 2.12. The summed E-state index contributed by atoms with van der Waals surface area (Å²) in [5.41, 5.74) is 8.00. The first-order valence-electron chi connectivity index (χ1n) is 7.26. The summed E-state index contributed by atoms with van der Waals surface area (Å²) in [6.45, 7) is 1.18. The van der Waals surface area contributed by atoms with E-state index in [-0.39, 0.29) is 5.91 Å². The summed E-state index contributed by atoms with van der Waals surface area (Å²) < 4.78 is 1.87. The third kappa shape index (κ3) is 5.20. The zero-order valence-electron chi connectivity index (χ0n) is 12.7. The van der Waals surface area contributed by atoms with Crippen LogP contribution in [0.4, 0.5) is 0 Å². The molecule has 0 fully saturated rings. The Balaban J connectivity index is 1.81. The van der Waals surface area contributed by atoms with E-state index in [9.17, 15) is 4.79 Å². The van der Waals surface area contributed by atoms with E-state index in [1.807, 2.05) is 35.3 Å². The topological polar surface area (TPSA) is 72.9 Å². The highest BCUT2D eigenvalue weighted by molar-refractivity contribution is 7.98. The van der Waals surface area contributed by atoms with Crippen molar-refractivity contribution in [1.29, 1.82) is 0 Å². The van der Waals surface area contributed by atoms with Crippen LogP contribution in [0.25, 0.3) is 0 Å². The van der Waals surface area contributed by atoms with E-state index in [0.29, 0.717) is 13.0 Å². The maximum atomic E-state index is 11.8. The van der Waals surface area contributed by atoms with Crippen molar-refractivity contribution in [3.05, 3.63) is 53.9 Å². The van der Waals surface area contributed by atoms with Crippen LogP contribution in [0.15, 0.2) is 42.7 Å². The molecule has 0 radical (unpaired) electrons. The second kappa shape index (κ2) is 8.60. The summed E-state index contributed by atoms with van der Waals surface area (Å²) >= 11 is 1.69. The van der Waals surface area contributed by atoms with Gasteiger partial charge in [-0.15, -0.1) is 0 Å². The van der Waals surface area contributed by atoms with Crippen LogP contribution >= 0.6 is 11.8 Å². The number of rotatable bonds is 8. The third-order valence-corrected chi connectivity index (χ3v) is 3.95. The lowest BCUT2D eigenvalue weighted by molar-refractivity contribution is -0.122. The van der Waals surface area contributed by atoms with Gasteiger partial charge in [-0.3, -0.25) is 9.48 Å². The van der Waals surface area contributed by atoms with Gasteiger partial charge in [0.2, 0.25) is 5.91 Å². The summed E-state index contributed by atoms with van der Waals surface area (Å²) in [7, 11) is 0. The monoisotopic (exact) mass is 318 g/mol. The first-order chi connectivity index (χ1) is 10.7. The van der Waals surface area contributed by atoms with Gasteiger partial charge in [-0.05, 0) is 24.0 Å². The molecule has 0 saturated heterocycles. The van der Waals surface area contributed by atoms with Gasteiger partial charge < -0.3 is 11.1 Å². The van der Waals surface area contributed by atoms with E-state index in [1.165, 1.54) is 5.56 Å². The molecule has 1 aromatic carbocycles. The molecular formula is C16H22N4OS. The van der Waals surface area contributed by atoms with E-state index < -0.39 is 6.04 Å². The number of amides is 1. The number of nitrogens with two attached hydrogens (primary N) is 1. The second-order valence-electron chi connectivity index (χ2n) is 5.14. The summed E-state index contributed by atoms with van der Waals surface area (Å²) in [5.74, 6) is 0.786. The third-order valence-electron chi connectivity index (χ3n) is 3.31. The fourth-order valence-electron chi connectivity index (χ4n) is 2.05. The Bertz CT molecular complexity index is 585. The number of carbonyl (C=O) groups excluding carboxylic acids is 1. The van der Waals surface area contributed by atoms with Gasteiger partial charge in [-0.2, -0.15) is 16.9 Å². The molecule has 0 bridgehead atoms. The summed E-state index contributed by atoms with van der Waals surface area (Å²) in [5, 5.41) is 7.17. The molecule has 6 heteroatoms. The summed E-state index contributed by atoms with van der Waals surface area (Å²) in [4.78, 5) is 11.8. The van der Waals surface area contributed by atoms with Crippen LogP contribution in [0, 0.1) is 0 Å². The first kappa shape index (κ1) is 16.6. The average Bonchev–Trinajstić information content (AvgIpc) is 2.98. The van der Waals surface area contributed by atoms with E-state index in [2.05, 4.69) is 22.5 Å². The molecule has 0 aliphatic heterocycles. The van der Waals surface area contributed by atoms with Crippen LogP contribution in [-0.4, -0.2) is 33.7 Å². The molecule has 0 saturated carbocycles. The molecule has 1 amide bonds. The fraction of sp³-hybridized carbons (Fsp3) is 0.375. The SMILES string of the molecule is CSCC[C@H](N)C(=O)NCc1cnn(Cc2ccccc2)c1. The molecule has 0 unspecified atom stereocenters. The van der Waals surface area contributed by atoms with Crippen LogP contribution in [-0.2, 0) is 17.9 Å². The second-order valence-corrected chi connectivity index (χ2v) is 6.12. The molecule has 5 nitrogen and oxygen atoms in total. The molecule has 118 valence electrons. The van der Waals surface area contributed by atoms with Crippen molar-refractivity contribution in [2.75, 3.05) is 12.0 Å². The van der Waals surface area contributed by atoms with Crippen molar-refractivity contribution in [2.45, 2.75) is 25.6 Å². The van der Waals surface area contributed by atoms with Crippen molar-refractivity contribution < 1.29 is 4.79 Å². The number of hydrogen-bond donors (Lipinski definition) is 2. The minimum Gasteiger partial charge on any atom is -0.351 e. The van der Waals surface area contributed by atoms with Gasteiger partial charge in [0.15, 0.2) is 0 Å². The maximum Gasteiger partial charge on any atom is 0.237 e. The van der Waals surface area contributed by atoms with Crippen LogP contribution in [0.1, 0.15) is 17.5 Å². The number of nitrogens with one attached hydrogen (secondary N) is 1. The van der Waals surface area contributed by atoms with Gasteiger partial charge in [-0.1, -0.05) is 30.3 Å². The lowest BCUT2D eigenvalue weighted by atomic mass is 10.2. The molecule has 1 atom stereocenters. The van der Waals surface area contributed by atoms with Gasteiger partial charge in [0.1, 0.15) is 0 Å². The Morgan fingerprint density at radius 1 is 1.36 bits per heavy atom. The molecule has 2 rings (SSSR count). The van der Waals surface area contributed by atoms with Gasteiger partial charge in [0.05, 0.1) is 18.8 Å². The highest BCUT2D eigenvalue weighted by atomic mass is 32.2. The molecule has 3 N–H and O–H groups in total. The number of aromatic nitrogens is 2. The van der Waals surface area contributed by atoms with Gasteiger partial charge >= 0.3 is 0 Å². The van der Waals surface area contributed by atoms with Crippen molar-refractivity contribution >= 4 is 17.7 Å². The molecular weight excluding hydrogens is 296 g/mol. The van der Waals surface area contributed by atoms with E-state index in [4.69, 9.17) is 5.73 Å². The molecule has 0 aliphatic rings. The predicted octanol–water partition coefficient (Wildman–Crippen LogP) is 1.63. The zero-order valence-corrected chi connectivity index (χ0v) is 13.6. The molecule has 0 spiro atoms. The number of thioether (sulfide) groups is 1. The molecule has 22 heavy (non-hydrogen) atoms. The zero-order chi connectivity index (χ0) is 15.8. The lowest BCUT2D eigenvalue weighted by Gasteiger charge is -2.10. The largest absolute Gasteiger partial charge is 0.351 e. The van der Waals surface area contributed by atoms with Crippen molar-refractivity contribution in [1.82, 2.24) is 15.1 Å². The number of hydrogen-bond acceptors (Lipinski definition) is 4. The Morgan fingerprint density at radius 3 is 2.86 bits per heavy atom. The normalized spacial score (nSPS) is 12.1. The van der Waals surface area contributed by atoms with E-state index >= 15 is 0 Å². The smallest absolute Gasteiger partial charge is 0.237 e. The number of benzene rings is 1. The molecule has 0 aliphatic carbocycles. The molecule has 2 aromatic rings. The Kier molecular flexibility index (Phi) is 6.48. The lowest BCUT2D eigenvalue weighted by Crippen LogP contribution is -2.40. The molecule has 1 aromatic heterocycles. The van der Waals surface area contributed by atoms with E-state index in [0.717, 1.165) is 17.9 Å². The minimum absolute atomic E-state index is 0.107. The standard InChI is InChI=1S/C16H22N4OS/c1-22-8-7-15(17)16(21)18-9-14-10-19-20(12-14)11-13-5-3-2-4-6-13/h2-6,10,12,15H,7-9,11,17H2,1H3,(H,18,21)/t15-/m0/s1. The predicted molar refractivity (Wildman–Crippen MR) is 90.6 cm³/mol. The van der Waals surface area contributed by atoms with Gasteiger partial charge in [0, 0.05) is 18.3 Å². The van der Waals surface area contributed by atoms with Crippen molar-refractivity contribution in [3.63, 3.8) is 0 Å². The fourth-order valence-corrected chi connectivity index (χ4v) is 2.54. The number of carbonyl (C=O) groups is 1. The Hall–Kier alpha value is -1.79. The van der Waals surface area contributed by atoms with Crippen LogP contribution < -0.4 is 11.1 Å². The Morgan fingerprint density at radius 2 is 2.14 bits per heavy atom. The van der Waals surface area contributed by atoms with Crippen molar-refractivity contribution in [2.24, 2.45) is 5.73 Å². The average molecular weight is 318 g/mol. The van der Waals surface area contributed by atoms with Crippen LogP contribution in [0.2, 0.25) is 0 Å². The first-order valence-corrected chi connectivity index (χ1v) is 8.66. The summed E-state index contributed by atoms with van der Waals surface area (Å²) in [6.07, 6.45) is 6.42. The Labute approximate surface area is 135 Å². The maximum absolute atomic E-state index is 11.8. The van der Waals surface area contributed by atoms with E-state index in [1.54, 1.807) is 18.0 Å². The molecule has 1 heterocycles. The highest BCUT2D eigenvalue weighted by Crippen LogP contribution is 2.04. The van der Waals surface area contributed by atoms with Crippen molar-refractivity contribution in [3.8, 4) is 0 Å². The quantitative estimate of drug-likeness (QED) is 0.776. The van der Waals surface area contributed by atoms with Gasteiger partial charge in [-0.25, -0.2) is 0 Å². The summed E-state index contributed by atoms with van der Waals surface area (Å²) in [6, 6.07) is 9.70. The van der Waals surface area contributed by atoms with Crippen LogP contribution in [0.5, 0.6) is 0 Å². The minimum atomic E-state index is -0.438.